The van der Waals surface area contributed by atoms with Gasteiger partial charge >= 0.3 is 6.03 Å². The van der Waals surface area contributed by atoms with Crippen LogP contribution in [0.25, 0.3) is 0 Å². The van der Waals surface area contributed by atoms with Crippen LogP contribution in [0.4, 0.5) is 4.79 Å². The number of hydrogen-bond donors (Lipinski definition) is 3. The summed E-state index contributed by atoms with van der Waals surface area (Å²) in [6, 6.07) is 6.18. The van der Waals surface area contributed by atoms with Crippen LogP contribution >= 0.6 is 0 Å². The first-order valence-corrected chi connectivity index (χ1v) is 5.18. The molecule has 17 heavy (non-hydrogen) atoms. The van der Waals surface area contributed by atoms with E-state index < -0.39 is 6.03 Å². The summed E-state index contributed by atoms with van der Waals surface area (Å²) in [6.45, 7) is 2.52. The number of amides is 3. The Balaban J connectivity index is 2.55. The SMILES string of the molecule is CCONC(=O)c1ccc(CNC(N)=O)cc1. The minimum Gasteiger partial charge on any atom is -0.352 e. The summed E-state index contributed by atoms with van der Waals surface area (Å²) in [6.07, 6.45) is 0. The number of carbonyl (C=O) groups is 2. The molecular formula is C11H15N3O3. The third-order valence-corrected chi connectivity index (χ3v) is 1.99. The van der Waals surface area contributed by atoms with Crippen LogP contribution in [0.1, 0.15) is 22.8 Å². The van der Waals surface area contributed by atoms with Crippen LogP contribution in [-0.4, -0.2) is 18.5 Å². The van der Waals surface area contributed by atoms with Gasteiger partial charge in [-0.25, -0.2) is 10.3 Å². The fourth-order valence-electron chi connectivity index (χ4n) is 1.16. The average Bonchev–Trinajstić information content (AvgIpc) is 2.34. The highest BCUT2D eigenvalue weighted by Crippen LogP contribution is 2.04. The van der Waals surface area contributed by atoms with Crippen LogP contribution in [0.15, 0.2) is 24.3 Å². The summed E-state index contributed by atoms with van der Waals surface area (Å²) in [4.78, 5) is 26.7. The summed E-state index contributed by atoms with van der Waals surface area (Å²) in [5.41, 5.74) is 8.58. The fraction of sp³-hybridized carbons (Fsp3) is 0.273. The normalized spacial score (nSPS) is 9.71. The highest BCUT2D eigenvalue weighted by atomic mass is 16.6. The molecule has 92 valence electrons. The van der Waals surface area contributed by atoms with Crippen LogP contribution in [0.2, 0.25) is 0 Å². The predicted octanol–water partition coefficient (Wildman–Crippen LogP) is 0.536. The second kappa shape index (κ2) is 6.49. The fourth-order valence-corrected chi connectivity index (χ4v) is 1.16. The van der Waals surface area contributed by atoms with Crippen molar-refractivity contribution in [1.29, 1.82) is 0 Å². The van der Waals surface area contributed by atoms with Crippen molar-refractivity contribution in [3.05, 3.63) is 35.4 Å². The van der Waals surface area contributed by atoms with E-state index in [1.54, 1.807) is 31.2 Å². The van der Waals surface area contributed by atoms with E-state index in [4.69, 9.17) is 10.6 Å². The Kier molecular flexibility index (Phi) is 4.96. The Labute approximate surface area is 99.1 Å². The van der Waals surface area contributed by atoms with Gasteiger partial charge in [-0.1, -0.05) is 12.1 Å². The monoisotopic (exact) mass is 237 g/mol. The first-order valence-electron chi connectivity index (χ1n) is 5.18. The van der Waals surface area contributed by atoms with E-state index in [2.05, 4.69) is 10.8 Å². The van der Waals surface area contributed by atoms with Crippen molar-refractivity contribution in [2.24, 2.45) is 5.73 Å². The number of hydrogen-bond acceptors (Lipinski definition) is 3. The van der Waals surface area contributed by atoms with Crippen molar-refractivity contribution < 1.29 is 14.4 Å². The number of rotatable bonds is 5. The molecular weight excluding hydrogens is 222 g/mol. The maximum Gasteiger partial charge on any atom is 0.312 e. The Morgan fingerprint density at radius 1 is 1.29 bits per heavy atom. The van der Waals surface area contributed by atoms with Gasteiger partial charge in [-0.2, -0.15) is 0 Å². The summed E-state index contributed by atoms with van der Waals surface area (Å²) in [5.74, 6) is -0.304. The third kappa shape index (κ3) is 4.52. The van der Waals surface area contributed by atoms with Crippen LogP contribution in [0.5, 0.6) is 0 Å². The molecule has 0 atom stereocenters. The van der Waals surface area contributed by atoms with Gasteiger partial charge in [-0.3, -0.25) is 9.63 Å². The predicted molar refractivity (Wildman–Crippen MR) is 62.0 cm³/mol. The number of nitrogens with two attached hydrogens (primary N) is 1. The minimum atomic E-state index is -0.580. The zero-order valence-corrected chi connectivity index (χ0v) is 9.53. The molecule has 0 heterocycles. The topological polar surface area (TPSA) is 93.4 Å². The molecule has 4 N–H and O–H groups in total. The molecule has 0 aliphatic heterocycles. The van der Waals surface area contributed by atoms with Crippen LogP contribution < -0.4 is 16.5 Å². The van der Waals surface area contributed by atoms with E-state index in [1.165, 1.54) is 0 Å². The van der Waals surface area contributed by atoms with E-state index >= 15 is 0 Å². The standard InChI is InChI=1S/C11H15N3O3/c1-2-17-14-10(15)9-5-3-8(4-6-9)7-13-11(12)16/h3-6H,2,7H2,1H3,(H,14,15)(H3,12,13,16). The molecule has 0 spiro atoms. The van der Waals surface area contributed by atoms with Gasteiger partial charge in [0.25, 0.3) is 5.91 Å². The van der Waals surface area contributed by atoms with Gasteiger partial charge in [0, 0.05) is 12.1 Å². The molecule has 1 aromatic carbocycles. The van der Waals surface area contributed by atoms with Crippen molar-refractivity contribution in [2.75, 3.05) is 6.61 Å². The van der Waals surface area contributed by atoms with Gasteiger partial charge in [0.1, 0.15) is 0 Å². The number of nitrogens with one attached hydrogen (secondary N) is 2. The summed E-state index contributed by atoms with van der Waals surface area (Å²) < 4.78 is 0. The lowest BCUT2D eigenvalue weighted by Gasteiger charge is -2.05. The Morgan fingerprint density at radius 3 is 2.47 bits per heavy atom. The quantitative estimate of drug-likeness (QED) is 0.652. The Morgan fingerprint density at radius 2 is 1.94 bits per heavy atom. The highest BCUT2D eigenvalue weighted by molar-refractivity contribution is 5.93. The van der Waals surface area contributed by atoms with Gasteiger partial charge in [0.15, 0.2) is 0 Å². The molecule has 0 aromatic heterocycles. The van der Waals surface area contributed by atoms with Crippen LogP contribution in [0, 0.1) is 0 Å². The van der Waals surface area contributed by atoms with Crippen molar-refractivity contribution in [2.45, 2.75) is 13.5 Å². The maximum absolute atomic E-state index is 11.5. The van der Waals surface area contributed by atoms with Crippen molar-refractivity contribution in [3.8, 4) is 0 Å². The average molecular weight is 237 g/mol. The number of benzene rings is 1. The molecule has 6 nitrogen and oxygen atoms in total. The molecule has 1 rings (SSSR count). The molecule has 0 fully saturated rings. The minimum absolute atomic E-state index is 0.304. The lowest BCUT2D eigenvalue weighted by Crippen LogP contribution is -2.28. The summed E-state index contributed by atoms with van der Waals surface area (Å²) >= 11 is 0. The second-order valence-electron chi connectivity index (χ2n) is 3.28. The van der Waals surface area contributed by atoms with Crippen molar-refractivity contribution >= 4 is 11.9 Å². The Bertz CT molecular complexity index is 389. The van der Waals surface area contributed by atoms with Crippen molar-refractivity contribution in [1.82, 2.24) is 10.8 Å². The number of primary amides is 1. The molecule has 0 radical (unpaired) electrons. The molecule has 0 saturated carbocycles. The molecule has 0 saturated heterocycles. The number of hydroxylamine groups is 1. The zero-order valence-electron chi connectivity index (χ0n) is 9.53. The van der Waals surface area contributed by atoms with Gasteiger partial charge in [-0.15, -0.1) is 0 Å². The van der Waals surface area contributed by atoms with Gasteiger partial charge < -0.3 is 11.1 Å². The zero-order chi connectivity index (χ0) is 12.7. The Hall–Kier alpha value is -2.08. The lowest BCUT2D eigenvalue weighted by molar-refractivity contribution is 0.0364. The molecule has 6 heteroatoms. The van der Waals surface area contributed by atoms with Gasteiger partial charge in [0.05, 0.1) is 6.61 Å². The number of carbonyl (C=O) groups excluding carboxylic acids is 2. The van der Waals surface area contributed by atoms with E-state index in [0.29, 0.717) is 18.7 Å². The van der Waals surface area contributed by atoms with Crippen molar-refractivity contribution in [3.63, 3.8) is 0 Å². The first-order chi connectivity index (χ1) is 8.13. The van der Waals surface area contributed by atoms with Crippen LogP contribution in [0.3, 0.4) is 0 Å². The summed E-state index contributed by atoms with van der Waals surface area (Å²) in [5, 5.41) is 2.46. The second-order valence-corrected chi connectivity index (χ2v) is 3.28. The number of urea groups is 1. The first kappa shape index (κ1) is 13.0. The van der Waals surface area contributed by atoms with E-state index in [0.717, 1.165) is 5.56 Å². The smallest absolute Gasteiger partial charge is 0.312 e. The maximum atomic E-state index is 11.5. The van der Waals surface area contributed by atoms with Gasteiger partial charge in [-0.05, 0) is 24.6 Å². The lowest BCUT2D eigenvalue weighted by atomic mass is 10.1. The van der Waals surface area contributed by atoms with Gasteiger partial charge in [0.2, 0.25) is 0 Å². The van der Waals surface area contributed by atoms with E-state index in [-0.39, 0.29) is 5.91 Å². The van der Waals surface area contributed by atoms with E-state index in [1.807, 2.05) is 0 Å². The van der Waals surface area contributed by atoms with E-state index in [9.17, 15) is 9.59 Å². The third-order valence-electron chi connectivity index (χ3n) is 1.99. The molecule has 0 unspecified atom stereocenters. The summed E-state index contributed by atoms with van der Waals surface area (Å²) in [7, 11) is 0. The molecule has 0 bridgehead atoms. The van der Waals surface area contributed by atoms with Crippen LogP contribution in [-0.2, 0) is 11.4 Å². The molecule has 1 aromatic rings. The molecule has 0 aliphatic rings. The molecule has 0 aliphatic carbocycles. The molecule has 3 amide bonds. The largest absolute Gasteiger partial charge is 0.352 e. The highest BCUT2D eigenvalue weighted by Gasteiger charge is 2.04.